The molecule has 0 unspecified atom stereocenters. The lowest BCUT2D eigenvalue weighted by Gasteiger charge is -2.08. The molecule has 2 rings (SSSR count). The second-order valence-corrected chi connectivity index (χ2v) is 4.92. The molecule has 90 valence electrons. The molecule has 0 saturated heterocycles. The monoisotopic (exact) mass is 268 g/mol. The lowest BCUT2D eigenvalue weighted by atomic mass is 10.2. The molecule has 1 heterocycles. The number of hydrogen-bond donors (Lipinski definition) is 1. The van der Waals surface area contributed by atoms with Crippen LogP contribution in [0.25, 0.3) is 10.6 Å². The SMILES string of the molecule is COCCOc1ccccc1-c1n[nH]c(=S)s1. The van der Waals surface area contributed by atoms with Crippen molar-refractivity contribution >= 4 is 23.6 Å². The summed E-state index contributed by atoms with van der Waals surface area (Å²) in [6.07, 6.45) is 0. The van der Waals surface area contributed by atoms with Gasteiger partial charge < -0.3 is 9.47 Å². The third-order valence-corrected chi connectivity index (χ3v) is 3.22. The summed E-state index contributed by atoms with van der Waals surface area (Å²) >= 11 is 6.45. The summed E-state index contributed by atoms with van der Waals surface area (Å²) in [6.45, 7) is 1.08. The van der Waals surface area contributed by atoms with E-state index < -0.39 is 0 Å². The molecule has 0 aliphatic carbocycles. The van der Waals surface area contributed by atoms with Gasteiger partial charge in [-0.15, -0.1) is 0 Å². The molecule has 6 heteroatoms. The van der Waals surface area contributed by atoms with E-state index in [0.717, 1.165) is 16.3 Å². The van der Waals surface area contributed by atoms with Crippen LogP contribution < -0.4 is 4.74 Å². The summed E-state index contributed by atoms with van der Waals surface area (Å²) < 4.78 is 11.2. The van der Waals surface area contributed by atoms with E-state index in [1.165, 1.54) is 11.3 Å². The number of benzene rings is 1. The van der Waals surface area contributed by atoms with Gasteiger partial charge in [-0.1, -0.05) is 23.5 Å². The zero-order chi connectivity index (χ0) is 12.1. The van der Waals surface area contributed by atoms with Gasteiger partial charge in [0.15, 0.2) is 3.95 Å². The molecule has 0 aliphatic heterocycles. The summed E-state index contributed by atoms with van der Waals surface area (Å²) in [5, 5.41) is 7.75. The molecule has 0 atom stereocenters. The van der Waals surface area contributed by atoms with Gasteiger partial charge in [0, 0.05) is 7.11 Å². The number of hydrogen-bond acceptors (Lipinski definition) is 5. The van der Waals surface area contributed by atoms with Crippen LogP contribution in [0.3, 0.4) is 0 Å². The molecule has 0 spiro atoms. The number of nitrogens with one attached hydrogen (secondary N) is 1. The Bertz CT molecular complexity index is 536. The van der Waals surface area contributed by atoms with Crippen molar-refractivity contribution in [1.82, 2.24) is 10.2 Å². The fourth-order valence-electron chi connectivity index (χ4n) is 1.35. The van der Waals surface area contributed by atoms with Crippen LogP contribution in [0, 0.1) is 3.95 Å². The van der Waals surface area contributed by atoms with Gasteiger partial charge >= 0.3 is 0 Å². The van der Waals surface area contributed by atoms with Gasteiger partial charge in [0.2, 0.25) is 0 Å². The Hall–Kier alpha value is -1.24. The minimum absolute atomic E-state index is 0.517. The summed E-state index contributed by atoms with van der Waals surface area (Å²) in [7, 11) is 1.65. The highest BCUT2D eigenvalue weighted by Crippen LogP contribution is 2.30. The second kappa shape index (κ2) is 5.90. The van der Waals surface area contributed by atoms with Crippen molar-refractivity contribution in [2.45, 2.75) is 0 Å². The van der Waals surface area contributed by atoms with Crippen LogP contribution >= 0.6 is 23.6 Å². The molecular weight excluding hydrogens is 256 g/mol. The molecule has 0 radical (unpaired) electrons. The van der Waals surface area contributed by atoms with Gasteiger partial charge in [-0.25, -0.2) is 0 Å². The molecule has 1 aromatic carbocycles. The average Bonchev–Trinajstić information content (AvgIpc) is 2.77. The minimum atomic E-state index is 0.517. The van der Waals surface area contributed by atoms with Crippen LogP contribution in [0.15, 0.2) is 24.3 Å². The smallest absolute Gasteiger partial charge is 0.176 e. The van der Waals surface area contributed by atoms with Crippen molar-refractivity contribution < 1.29 is 9.47 Å². The minimum Gasteiger partial charge on any atom is -0.490 e. The van der Waals surface area contributed by atoms with Crippen LogP contribution in [-0.4, -0.2) is 30.5 Å². The van der Waals surface area contributed by atoms with Crippen molar-refractivity contribution in [3.8, 4) is 16.3 Å². The molecule has 4 nitrogen and oxygen atoms in total. The highest BCUT2D eigenvalue weighted by molar-refractivity contribution is 7.73. The van der Waals surface area contributed by atoms with E-state index in [1.807, 2.05) is 24.3 Å². The molecule has 0 amide bonds. The van der Waals surface area contributed by atoms with Crippen molar-refractivity contribution in [3.05, 3.63) is 28.2 Å². The molecule has 0 bridgehead atoms. The fraction of sp³-hybridized carbons (Fsp3) is 0.273. The zero-order valence-corrected chi connectivity index (χ0v) is 10.9. The number of aromatic nitrogens is 2. The first-order valence-electron chi connectivity index (χ1n) is 5.08. The maximum absolute atomic E-state index is 5.63. The van der Waals surface area contributed by atoms with E-state index in [4.69, 9.17) is 21.7 Å². The van der Waals surface area contributed by atoms with Gasteiger partial charge in [0.1, 0.15) is 17.4 Å². The lowest BCUT2D eigenvalue weighted by Crippen LogP contribution is -2.04. The quantitative estimate of drug-likeness (QED) is 0.669. The first kappa shape index (κ1) is 12.2. The highest BCUT2D eigenvalue weighted by atomic mass is 32.1. The Morgan fingerprint density at radius 1 is 1.35 bits per heavy atom. The highest BCUT2D eigenvalue weighted by Gasteiger charge is 2.08. The van der Waals surface area contributed by atoms with Crippen LogP contribution in [0.5, 0.6) is 5.75 Å². The average molecular weight is 268 g/mol. The maximum Gasteiger partial charge on any atom is 0.176 e. The molecule has 0 fully saturated rings. The number of para-hydroxylation sites is 1. The van der Waals surface area contributed by atoms with Crippen molar-refractivity contribution in [1.29, 1.82) is 0 Å². The Morgan fingerprint density at radius 3 is 2.88 bits per heavy atom. The largest absolute Gasteiger partial charge is 0.490 e. The van der Waals surface area contributed by atoms with Crippen LogP contribution in [0.1, 0.15) is 0 Å². The summed E-state index contributed by atoms with van der Waals surface area (Å²) in [5.74, 6) is 0.794. The van der Waals surface area contributed by atoms with Gasteiger partial charge in [-0.3, -0.25) is 5.10 Å². The van der Waals surface area contributed by atoms with Gasteiger partial charge in [0.05, 0.1) is 12.2 Å². The molecule has 1 N–H and O–H groups in total. The van der Waals surface area contributed by atoms with Crippen LogP contribution in [0.2, 0.25) is 0 Å². The summed E-state index contributed by atoms with van der Waals surface area (Å²) in [6, 6.07) is 7.75. The third kappa shape index (κ3) is 3.12. The van der Waals surface area contributed by atoms with Crippen LogP contribution in [-0.2, 0) is 4.74 Å². The Kier molecular flexibility index (Phi) is 4.24. The van der Waals surface area contributed by atoms with Gasteiger partial charge in [0.25, 0.3) is 0 Å². The molecule has 1 aromatic heterocycles. The number of ether oxygens (including phenoxy) is 2. The Morgan fingerprint density at radius 2 is 2.18 bits per heavy atom. The predicted octanol–water partition coefficient (Wildman–Crippen LogP) is 2.89. The second-order valence-electron chi connectivity index (χ2n) is 3.26. The van der Waals surface area contributed by atoms with Crippen molar-refractivity contribution in [2.24, 2.45) is 0 Å². The molecular formula is C11H12N2O2S2. The molecule has 0 saturated carbocycles. The summed E-state index contributed by atoms with van der Waals surface area (Å²) in [4.78, 5) is 0. The molecule has 17 heavy (non-hydrogen) atoms. The zero-order valence-electron chi connectivity index (χ0n) is 9.30. The standard InChI is InChI=1S/C11H12N2O2S2/c1-14-6-7-15-9-5-3-2-4-8(9)10-12-13-11(16)17-10/h2-5H,6-7H2,1H3,(H,13,16). The fourth-order valence-corrected chi connectivity index (χ4v) is 2.27. The Labute approximate surface area is 108 Å². The van der Waals surface area contributed by atoms with Crippen molar-refractivity contribution in [2.75, 3.05) is 20.3 Å². The topological polar surface area (TPSA) is 47.1 Å². The summed E-state index contributed by atoms with van der Waals surface area (Å²) in [5.41, 5.74) is 0.945. The van der Waals surface area contributed by atoms with E-state index in [2.05, 4.69) is 10.2 Å². The van der Waals surface area contributed by atoms with E-state index >= 15 is 0 Å². The maximum atomic E-state index is 5.63. The first-order valence-corrected chi connectivity index (χ1v) is 6.30. The third-order valence-electron chi connectivity index (χ3n) is 2.10. The predicted molar refractivity (Wildman–Crippen MR) is 70.1 cm³/mol. The number of aromatic amines is 1. The number of nitrogens with zero attached hydrogens (tertiary/aromatic N) is 1. The molecule has 0 aliphatic rings. The number of H-pyrrole nitrogens is 1. The normalized spacial score (nSPS) is 10.4. The van der Waals surface area contributed by atoms with Crippen molar-refractivity contribution in [3.63, 3.8) is 0 Å². The number of methoxy groups -OCH3 is 1. The number of rotatable bonds is 5. The molecule has 2 aromatic rings. The first-order chi connectivity index (χ1) is 8.31. The lowest BCUT2D eigenvalue weighted by molar-refractivity contribution is 0.146. The van der Waals surface area contributed by atoms with E-state index in [1.54, 1.807) is 7.11 Å². The van der Waals surface area contributed by atoms with E-state index in [0.29, 0.717) is 17.2 Å². The Balaban J connectivity index is 2.24. The van der Waals surface area contributed by atoms with Gasteiger partial charge in [-0.05, 0) is 24.4 Å². The van der Waals surface area contributed by atoms with E-state index in [-0.39, 0.29) is 0 Å². The van der Waals surface area contributed by atoms with E-state index in [9.17, 15) is 0 Å². The van der Waals surface area contributed by atoms with Crippen LogP contribution in [0.4, 0.5) is 0 Å². The van der Waals surface area contributed by atoms with Gasteiger partial charge in [-0.2, -0.15) is 5.10 Å².